The van der Waals surface area contributed by atoms with Gasteiger partial charge in [-0.3, -0.25) is 5.10 Å². The molecule has 2 aromatic rings. The molecule has 0 saturated carbocycles. The predicted molar refractivity (Wildman–Crippen MR) is 79.6 cm³/mol. The van der Waals surface area contributed by atoms with Crippen molar-refractivity contribution in [2.45, 2.75) is 46.1 Å². The van der Waals surface area contributed by atoms with Crippen LogP contribution in [0.2, 0.25) is 0 Å². The zero-order chi connectivity index (χ0) is 14.8. The molecule has 0 fully saturated rings. The van der Waals surface area contributed by atoms with Crippen molar-refractivity contribution in [3.63, 3.8) is 0 Å². The number of hydrogen-bond acceptors (Lipinski definition) is 4. The van der Waals surface area contributed by atoms with Gasteiger partial charge >= 0.3 is 0 Å². The number of benzene rings is 1. The van der Waals surface area contributed by atoms with Gasteiger partial charge in [-0.15, -0.1) is 5.10 Å². The molecule has 108 valence electrons. The van der Waals surface area contributed by atoms with Gasteiger partial charge in [0.05, 0.1) is 0 Å². The van der Waals surface area contributed by atoms with Crippen LogP contribution < -0.4 is 10.5 Å². The van der Waals surface area contributed by atoms with E-state index in [0.717, 1.165) is 12.2 Å². The fourth-order valence-electron chi connectivity index (χ4n) is 2.03. The monoisotopic (exact) mass is 274 g/mol. The second-order valence-electron chi connectivity index (χ2n) is 5.86. The van der Waals surface area contributed by atoms with Gasteiger partial charge in [0, 0.05) is 0 Å². The molecule has 3 N–H and O–H groups in total. The summed E-state index contributed by atoms with van der Waals surface area (Å²) in [6.45, 7) is 9.03. The Morgan fingerprint density at radius 1 is 1.30 bits per heavy atom. The highest BCUT2D eigenvalue weighted by Gasteiger charge is 2.19. The number of aromatic amines is 1. The van der Waals surface area contributed by atoms with Crippen LogP contribution in [0.5, 0.6) is 5.75 Å². The highest BCUT2D eigenvalue weighted by atomic mass is 16.5. The van der Waals surface area contributed by atoms with Gasteiger partial charge in [0.1, 0.15) is 12.4 Å². The maximum atomic E-state index is 5.87. The highest BCUT2D eigenvalue weighted by molar-refractivity contribution is 5.41. The van der Waals surface area contributed by atoms with E-state index in [1.54, 1.807) is 0 Å². The number of nitrogen functional groups attached to an aromatic ring is 1. The molecule has 0 atom stereocenters. The number of nitrogens with two attached hydrogens (primary N) is 1. The number of aryl methyl sites for hydroxylation is 1. The van der Waals surface area contributed by atoms with E-state index >= 15 is 0 Å². The lowest BCUT2D eigenvalue weighted by Gasteiger charge is -2.23. The number of anilines is 1. The molecular formula is C15H22N4O. The van der Waals surface area contributed by atoms with Crippen LogP contribution in [0, 0.1) is 0 Å². The highest BCUT2D eigenvalue weighted by Crippen LogP contribution is 2.32. The van der Waals surface area contributed by atoms with E-state index in [-0.39, 0.29) is 11.4 Å². The number of H-pyrrole nitrogens is 1. The zero-order valence-electron chi connectivity index (χ0n) is 12.5. The van der Waals surface area contributed by atoms with Crippen LogP contribution in [0.1, 0.15) is 44.6 Å². The Morgan fingerprint density at radius 3 is 2.60 bits per heavy atom. The molecule has 2 rings (SSSR count). The van der Waals surface area contributed by atoms with E-state index in [2.05, 4.69) is 55.0 Å². The van der Waals surface area contributed by atoms with Crippen molar-refractivity contribution in [1.82, 2.24) is 15.2 Å². The average Bonchev–Trinajstić information content (AvgIpc) is 2.81. The van der Waals surface area contributed by atoms with Crippen molar-refractivity contribution >= 4 is 5.95 Å². The number of hydrogen-bond donors (Lipinski definition) is 2. The van der Waals surface area contributed by atoms with Gasteiger partial charge in [0.2, 0.25) is 5.95 Å². The lowest BCUT2D eigenvalue weighted by Crippen LogP contribution is -2.14. The number of rotatable bonds is 4. The molecule has 0 aliphatic heterocycles. The molecule has 0 unspecified atom stereocenters. The lowest BCUT2D eigenvalue weighted by atomic mass is 9.85. The Morgan fingerprint density at radius 2 is 2.05 bits per heavy atom. The molecule has 1 aromatic heterocycles. The Balaban J connectivity index is 2.22. The van der Waals surface area contributed by atoms with Gasteiger partial charge in [-0.2, -0.15) is 4.98 Å². The van der Waals surface area contributed by atoms with Gasteiger partial charge < -0.3 is 10.5 Å². The van der Waals surface area contributed by atoms with E-state index in [0.29, 0.717) is 12.4 Å². The molecule has 0 amide bonds. The summed E-state index contributed by atoms with van der Waals surface area (Å²) in [5.41, 5.74) is 8.01. The molecule has 0 aliphatic carbocycles. The number of aromatic nitrogens is 3. The third-order valence-corrected chi connectivity index (χ3v) is 3.17. The Labute approximate surface area is 119 Å². The first-order valence-electron chi connectivity index (χ1n) is 6.83. The first-order chi connectivity index (χ1) is 9.40. The van der Waals surface area contributed by atoms with Gasteiger partial charge in [-0.05, 0) is 29.0 Å². The standard InChI is InChI=1S/C15H22N4O/c1-5-10-6-7-12(11(8-10)15(2,3)4)20-9-13-17-14(16)19-18-13/h6-8H,5,9H2,1-4H3,(H3,16,17,18,19). The summed E-state index contributed by atoms with van der Waals surface area (Å²) in [6.07, 6.45) is 1.02. The summed E-state index contributed by atoms with van der Waals surface area (Å²) in [5, 5.41) is 6.53. The molecule has 0 aliphatic rings. The third-order valence-electron chi connectivity index (χ3n) is 3.17. The maximum Gasteiger partial charge on any atom is 0.239 e. The van der Waals surface area contributed by atoms with Gasteiger partial charge in [0.15, 0.2) is 5.82 Å². The van der Waals surface area contributed by atoms with Crippen molar-refractivity contribution in [3.8, 4) is 5.75 Å². The van der Waals surface area contributed by atoms with Crippen LogP contribution in [0.3, 0.4) is 0 Å². The van der Waals surface area contributed by atoms with Crippen LogP contribution in [0.15, 0.2) is 18.2 Å². The average molecular weight is 274 g/mol. The summed E-state index contributed by atoms with van der Waals surface area (Å²) in [6, 6.07) is 6.34. The zero-order valence-corrected chi connectivity index (χ0v) is 12.5. The van der Waals surface area contributed by atoms with E-state index in [9.17, 15) is 0 Å². The minimum atomic E-state index is 0.0287. The fourth-order valence-corrected chi connectivity index (χ4v) is 2.03. The van der Waals surface area contributed by atoms with Gasteiger partial charge in [0.25, 0.3) is 0 Å². The number of nitrogens with one attached hydrogen (secondary N) is 1. The first-order valence-corrected chi connectivity index (χ1v) is 6.83. The van der Waals surface area contributed by atoms with Gasteiger partial charge in [-0.25, -0.2) is 0 Å². The SMILES string of the molecule is CCc1ccc(OCc2nc(N)n[nH]2)c(C(C)(C)C)c1. The molecule has 0 spiro atoms. The largest absolute Gasteiger partial charge is 0.485 e. The predicted octanol–water partition coefficient (Wildman–Crippen LogP) is 2.83. The van der Waals surface area contributed by atoms with Crippen molar-refractivity contribution in [3.05, 3.63) is 35.2 Å². The normalized spacial score (nSPS) is 11.6. The van der Waals surface area contributed by atoms with E-state index in [1.165, 1.54) is 11.1 Å². The van der Waals surface area contributed by atoms with Crippen LogP contribution >= 0.6 is 0 Å². The minimum absolute atomic E-state index is 0.0287. The Hall–Kier alpha value is -2.04. The third kappa shape index (κ3) is 3.29. The molecule has 1 heterocycles. The molecule has 5 heteroatoms. The van der Waals surface area contributed by atoms with Gasteiger partial charge in [-0.1, -0.05) is 39.8 Å². The molecule has 1 aromatic carbocycles. The second kappa shape index (κ2) is 5.53. The van der Waals surface area contributed by atoms with Crippen LogP contribution in [0.4, 0.5) is 5.95 Å². The summed E-state index contributed by atoms with van der Waals surface area (Å²) in [4.78, 5) is 4.04. The quantitative estimate of drug-likeness (QED) is 0.898. The van der Waals surface area contributed by atoms with Crippen molar-refractivity contribution in [1.29, 1.82) is 0 Å². The molecule has 5 nitrogen and oxygen atoms in total. The second-order valence-corrected chi connectivity index (χ2v) is 5.86. The topological polar surface area (TPSA) is 76.8 Å². The number of nitrogens with zero attached hydrogens (tertiary/aromatic N) is 2. The minimum Gasteiger partial charge on any atom is -0.485 e. The van der Waals surface area contributed by atoms with E-state index < -0.39 is 0 Å². The maximum absolute atomic E-state index is 5.87. The summed E-state index contributed by atoms with van der Waals surface area (Å²) in [5.74, 6) is 1.74. The van der Waals surface area contributed by atoms with Crippen LogP contribution in [-0.4, -0.2) is 15.2 Å². The van der Waals surface area contributed by atoms with Crippen molar-refractivity contribution < 1.29 is 4.74 Å². The van der Waals surface area contributed by atoms with Crippen LogP contribution in [0.25, 0.3) is 0 Å². The summed E-state index contributed by atoms with van der Waals surface area (Å²) < 4.78 is 5.87. The van der Waals surface area contributed by atoms with Crippen molar-refractivity contribution in [2.24, 2.45) is 0 Å². The smallest absolute Gasteiger partial charge is 0.239 e. The lowest BCUT2D eigenvalue weighted by molar-refractivity contribution is 0.288. The van der Waals surface area contributed by atoms with Crippen LogP contribution in [-0.2, 0) is 18.4 Å². The molecular weight excluding hydrogens is 252 g/mol. The fraction of sp³-hybridized carbons (Fsp3) is 0.467. The Bertz CT molecular complexity index is 584. The van der Waals surface area contributed by atoms with Crippen molar-refractivity contribution in [2.75, 3.05) is 5.73 Å². The first kappa shape index (κ1) is 14.4. The number of ether oxygens (including phenoxy) is 1. The molecule has 0 saturated heterocycles. The molecule has 0 bridgehead atoms. The van der Waals surface area contributed by atoms with E-state index in [4.69, 9.17) is 10.5 Å². The molecule has 0 radical (unpaired) electrons. The summed E-state index contributed by atoms with van der Waals surface area (Å²) >= 11 is 0. The summed E-state index contributed by atoms with van der Waals surface area (Å²) in [7, 11) is 0. The van der Waals surface area contributed by atoms with E-state index in [1.807, 2.05) is 6.07 Å². The Kier molecular flexibility index (Phi) is 3.97. The molecule has 20 heavy (non-hydrogen) atoms.